The largest absolute Gasteiger partial charge is 0.416 e. The van der Waals surface area contributed by atoms with Crippen molar-refractivity contribution in [1.82, 2.24) is 0 Å². The Hall–Kier alpha value is -1.98. The number of alkyl halides is 6. The van der Waals surface area contributed by atoms with Crippen LogP contribution in [0.3, 0.4) is 0 Å². The third-order valence-corrected chi connectivity index (χ3v) is 4.30. The second-order valence-electron chi connectivity index (χ2n) is 7.47. The molecule has 0 amide bonds. The van der Waals surface area contributed by atoms with Crippen LogP contribution in [-0.2, 0) is 12.4 Å². The third-order valence-electron chi connectivity index (χ3n) is 4.30. The maximum Gasteiger partial charge on any atom is 0.416 e. The number of aryl methyl sites for hydroxylation is 2. The van der Waals surface area contributed by atoms with Gasteiger partial charge in [-0.25, -0.2) is 0 Å². The molecule has 0 N–H and O–H groups in total. The molecule has 0 aromatic heterocycles. The average molecular weight is 404 g/mol. The van der Waals surface area contributed by atoms with E-state index >= 15 is 0 Å². The third kappa shape index (κ3) is 6.57. The van der Waals surface area contributed by atoms with Crippen LogP contribution in [0.15, 0.2) is 36.4 Å². The van der Waals surface area contributed by atoms with Gasteiger partial charge in [0.1, 0.15) is 0 Å². The van der Waals surface area contributed by atoms with Crippen molar-refractivity contribution < 1.29 is 26.3 Å². The molecule has 2 aromatic carbocycles. The molecular weight excluding hydrogens is 378 g/mol. The highest BCUT2D eigenvalue weighted by atomic mass is 19.4. The summed E-state index contributed by atoms with van der Waals surface area (Å²) in [6.45, 7) is 10.7. The second kappa shape index (κ2) is 9.01. The predicted octanol–water partition coefficient (Wildman–Crippen LogP) is 8.27. The number of rotatable bonds is 2. The van der Waals surface area contributed by atoms with E-state index in [1.54, 1.807) is 39.8 Å². The van der Waals surface area contributed by atoms with Crippen LogP contribution < -0.4 is 0 Å². The van der Waals surface area contributed by atoms with Gasteiger partial charge in [0.25, 0.3) is 0 Å². The second-order valence-corrected chi connectivity index (χ2v) is 7.47. The van der Waals surface area contributed by atoms with Crippen LogP contribution in [-0.4, -0.2) is 0 Å². The lowest BCUT2D eigenvalue weighted by Crippen LogP contribution is -2.11. The van der Waals surface area contributed by atoms with Crippen LogP contribution in [0.4, 0.5) is 26.3 Å². The fourth-order valence-electron chi connectivity index (χ4n) is 3.00. The molecule has 156 valence electrons. The van der Waals surface area contributed by atoms with E-state index in [2.05, 4.69) is 0 Å². The molecule has 0 nitrogen and oxygen atoms in total. The minimum absolute atomic E-state index is 0.104. The van der Waals surface area contributed by atoms with Gasteiger partial charge in [-0.05, 0) is 60.6 Å². The van der Waals surface area contributed by atoms with Crippen molar-refractivity contribution in [3.8, 4) is 0 Å². The Morgan fingerprint density at radius 3 is 1.68 bits per heavy atom. The van der Waals surface area contributed by atoms with Crippen molar-refractivity contribution in [2.24, 2.45) is 0 Å². The van der Waals surface area contributed by atoms with Crippen molar-refractivity contribution in [1.29, 1.82) is 0 Å². The van der Waals surface area contributed by atoms with Gasteiger partial charge in [-0.15, -0.1) is 0 Å². The highest BCUT2D eigenvalue weighted by Crippen LogP contribution is 2.36. The van der Waals surface area contributed by atoms with Gasteiger partial charge < -0.3 is 0 Å². The van der Waals surface area contributed by atoms with Gasteiger partial charge in [-0.2, -0.15) is 26.3 Å². The van der Waals surface area contributed by atoms with Crippen molar-refractivity contribution >= 4 is 0 Å². The molecule has 0 fully saturated rings. The fourth-order valence-corrected chi connectivity index (χ4v) is 3.00. The smallest absolute Gasteiger partial charge is 0.166 e. The zero-order chi connectivity index (χ0) is 21.9. The number of halogens is 6. The first-order chi connectivity index (χ1) is 12.6. The normalized spacial score (nSPS) is 12.2. The molecule has 6 heteroatoms. The first-order valence-corrected chi connectivity index (χ1v) is 9.00. The van der Waals surface area contributed by atoms with Crippen LogP contribution >= 0.6 is 0 Å². The Bertz CT molecular complexity index is 783. The summed E-state index contributed by atoms with van der Waals surface area (Å²) in [6.07, 6.45) is -8.48. The highest BCUT2D eigenvalue weighted by molar-refractivity contribution is 5.38. The standard InChI is InChI=1S/2C11H13F3/c1-7(2)9-4-8(3)5-10(6-9)11(12,13)14;1-7(2)10-8(3)5-4-6-9(10)11(12,13)14/h2*4-7H,1-3H3. The lowest BCUT2D eigenvalue weighted by molar-refractivity contribution is -0.138. The Balaban J connectivity index is 0.000000280. The molecule has 0 aliphatic rings. The molecule has 2 rings (SSSR count). The Kier molecular flexibility index (Phi) is 7.74. The van der Waals surface area contributed by atoms with Crippen molar-refractivity contribution in [3.63, 3.8) is 0 Å². The Labute approximate surface area is 162 Å². The van der Waals surface area contributed by atoms with Crippen LogP contribution in [0.1, 0.15) is 72.9 Å². The quantitative estimate of drug-likeness (QED) is 0.442. The van der Waals surface area contributed by atoms with Crippen LogP contribution in [0.2, 0.25) is 0 Å². The van der Waals surface area contributed by atoms with Crippen LogP contribution in [0, 0.1) is 13.8 Å². The predicted molar refractivity (Wildman–Crippen MR) is 101 cm³/mol. The minimum Gasteiger partial charge on any atom is -0.166 e. The number of hydrogen-bond acceptors (Lipinski definition) is 0. The van der Waals surface area contributed by atoms with Crippen molar-refractivity contribution in [2.75, 3.05) is 0 Å². The lowest BCUT2D eigenvalue weighted by atomic mass is 9.92. The minimum atomic E-state index is -4.24. The molecule has 0 unspecified atom stereocenters. The zero-order valence-electron chi connectivity index (χ0n) is 16.9. The number of benzene rings is 2. The Morgan fingerprint density at radius 1 is 0.714 bits per heavy atom. The molecule has 2 aromatic rings. The van der Waals surface area contributed by atoms with Gasteiger partial charge in [-0.3, -0.25) is 0 Å². The van der Waals surface area contributed by atoms with E-state index in [1.807, 2.05) is 13.8 Å². The lowest BCUT2D eigenvalue weighted by Gasteiger charge is -2.17. The summed E-state index contributed by atoms with van der Waals surface area (Å²) in [5, 5.41) is 0. The SMILES string of the molecule is Cc1cc(C(C)C)cc(C(F)(F)F)c1.Cc1cccc(C(F)(F)F)c1C(C)C. The van der Waals surface area contributed by atoms with E-state index in [0.29, 0.717) is 16.7 Å². The summed E-state index contributed by atoms with van der Waals surface area (Å²) < 4.78 is 75.0. The summed E-state index contributed by atoms with van der Waals surface area (Å²) in [6, 6.07) is 8.49. The van der Waals surface area contributed by atoms with Gasteiger partial charge >= 0.3 is 12.4 Å². The molecule has 0 spiro atoms. The Morgan fingerprint density at radius 2 is 1.29 bits per heavy atom. The van der Waals surface area contributed by atoms with Gasteiger partial charge in [0.2, 0.25) is 0 Å². The average Bonchev–Trinajstić information content (AvgIpc) is 2.52. The summed E-state index contributed by atoms with van der Waals surface area (Å²) >= 11 is 0. The van der Waals surface area contributed by atoms with Gasteiger partial charge in [0, 0.05) is 0 Å². The topological polar surface area (TPSA) is 0 Å². The molecule has 0 saturated carbocycles. The monoisotopic (exact) mass is 404 g/mol. The highest BCUT2D eigenvalue weighted by Gasteiger charge is 2.34. The number of hydrogen-bond donors (Lipinski definition) is 0. The van der Waals surface area contributed by atoms with Crippen molar-refractivity contribution in [3.05, 3.63) is 69.8 Å². The molecule has 0 radical (unpaired) electrons. The maximum atomic E-state index is 12.6. The first-order valence-electron chi connectivity index (χ1n) is 9.00. The maximum absolute atomic E-state index is 12.6. The van der Waals surface area contributed by atoms with Crippen LogP contribution in [0.25, 0.3) is 0 Å². The molecule has 0 atom stereocenters. The van der Waals surface area contributed by atoms with Gasteiger partial charge in [-0.1, -0.05) is 51.5 Å². The molecular formula is C22H26F6. The first kappa shape index (κ1) is 24.1. The van der Waals surface area contributed by atoms with Gasteiger partial charge in [0.05, 0.1) is 11.1 Å². The molecule has 0 heterocycles. The molecule has 28 heavy (non-hydrogen) atoms. The van der Waals surface area contributed by atoms with Gasteiger partial charge in [0.15, 0.2) is 0 Å². The van der Waals surface area contributed by atoms with E-state index in [4.69, 9.17) is 0 Å². The summed E-state index contributed by atoms with van der Waals surface area (Å²) in [5.41, 5.74) is 1.43. The summed E-state index contributed by atoms with van der Waals surface area (Å²) in [5.74, 6) is 0.0174. The molecule has 0 aliphatic heterocycles. The molecule has 0 aliphatic carbocycles. The van der Waals surface area contributed by atoms with E-state index in [1.165, 1.54) is 18.2 Å². The van der Waals surface area contributed by atoms with Crippen LogP contribution in [0.5, 0.6) is 0 Å². The van der Waals surface area contributed by atoms with E-state index in [-0.39, 0.29) is 11.8 Å². The summed E-state index contributed by atoms with van der Waals surface area (Å²) in [7, 11) is 0. The van der Waals surface area contributed by atoms with Crippen molar-refractivity contribution in [2.45, 2.75) is 65.7 Å². The summed E-state index contributed by atoms with van der Waals surface area (Å²) in [4.78, 5) is 0. The van der Waals surface area contributed by atoms with E-state index in [9.17, 15) is 26.3 Å². The fraction of sp³-hybridized carbons (Fsp3) is 0.455. The van der Waals surface area contributed by atoms with E-state index in [0.717, 1.165) is 11.6 Å². The zero-order valence-corrected chi connectivity index (χ0v) is 16.9. The molecule has 0 saturated heterocycles. The van der Waals surface area contributed by atoms with E-state index < -0.39 is 23.5 Å². The molecule has 0 bridgehead atoms.